The van der Waals surface area contributed by atoms with E-state index < -0.39 is 78.7 Å². The highest BCUT2D eigenvalue weighted by Gasteiger charge is 2.38. The van der Waals surface area contributed by atoms with E-state index in [1.165, 1.54) is 0 Å². The fraction of sp³-hybridized carbons (Fsp3) is 0.429. The maximum Gasteiger partial charge on any atom is 0.408 e. The zero-order chi connectivity index (χ0) is 29.0. The predicted octanol–water partition coefficient (Wildman–Crippen LogP) is 4.31. The Bertz CT molecular complexity index is 1090. The molecule has 13 heteroatoms. The summed E-state index contributed by atoms with van der Waals surface area (Å²) in [5.74, 6) is -4.14. The standard InChI is InChI=1S/C14H13ClF6N6/c1-6(13(16,17)18)22-11-25-10(8-4-3-5-9(15)24-8)26-12(27-11)23-7(2)14(19,20)21/h3-7H,1-2H3,(H2,22,23,25,26,27)/t6-,7-/m1/s1/i1D3,2D3,3D,4D,6D,7D. The van der Waals surface area contributed by atoms with Crippen LogP contribution in [0.15, 0.2) is 18.2 Å². The van der Waals surface area contributed by atoms with Crippen LogP contribution in [0.3, 0.4) is 0 Å². The summed E-state index contributed by atoms with van der Waals surface area (Å²) >= 11 is 5.68. The fourth-order valence-electron chi connectivity index (χ4n) is 1.40. The lowest BCUT2D eigenvalue weighted by Gasteiger charge is -2.20. The zero-order valence-electron chi connectivity index (χ0n) is 22.5. The molecule has 0 spiro atoms. The van der Waals surface area contributed by atoms with Crippen molar-refractivity contribution in [3.05, 3.63) is 23.3 Å². The topological polar surface area (TPSA) is 75.6 Å². The number of nitrogens with one attached hydrogen (secondary N) is 2. The molecule has 0 saturated carbocycles. The van der Waals surface area contributed by atoms with E-state index in [1.54, 1.807) is 0 Å². The molecular weight excluding hydrogens is 402 g/mol. The van der Waals surface area contributed by atoms with Crippen molar-refractivity contribution >= 4 is 23.5 Å². The van der Waals surface area contributed by atoms with Gasteiger partial charge in [0.1, 0.15) is 22.9 Å². The van der Waals surface area contributed by atoms with E-state index in [4.69, 9.17) is 25.3 Å². The normalized spacial score (nSPS) is 23.2. The first kappa shape index (κ1) is 10.8. The minimum Gasteiger partial charge on any atom is -0.343 e. The first-order valence-corrected chi connectivity index (χ1v) is 6.82. The lowest BCUT2D eigenvalue weighted by molar-refractivity contribution is -0.139. The van der Waals surface area contributed by atoms with Gasteiger partial charge in [0.25, 0.3) is 0 Å². The van der Waals surface area contributed by atoms with Crippen molar-refractivity contribution in [1.29, 1.82) is 0 Å². The molecule has 2 atom stereocenters. The molecule has 148 valence electrons. The molecule has 0 aliphatic rings. The lowest BCUT2D eigenvalue weighted by atomic mass is 10.3. The molecule has 27 heavy (non-hydrogen) atoms. The number of halogens is 7. The third kappa shape index (κ3) is 5.81. The number of nitrogens with zero attached hydrogens (tertiary/aromatic N) is 4. The molecule has 0 fully saturated rings. The van der Waals surface area contributed by atoms with E-state index >= 15 is 0 Å². The van der Waals surface area contributed by atoms with Crippen molar-refractivity contribution < 1.29 is 40.1 Å². The molecule has 0 saturated heterocycles. The molecule has 6 nitrogen and oxygen atoms in total. The van der Waals surface area contributed by atoms with Crippen LogP contribution >= 0.6 is 11.6 Å². The van der Waals surface area contributed by atoms with Crippen LogP contribution in [-0.2, 0) is 0 Å². The summed E-state index contributed by atoms with van der Waals surface area (Å²) in [6.45, 7) is -8.34. The van der Waals surface area contributed by atoms with Gasteiger partial charge >= 0.3 is 12.4 Å². The molecule has 0 bridgehead atoms. The van der Waals surface area contributed by atoms with Crippen LogP contribution in [0.1, 0.15) is 27.4 Å². The van der Waals surface area contributed by atoms with Crippen LogP contribution < -0.4 is 10.6 Å². The molecule has 0 aliphatic heterocycles. The number of anilines is 2. The van der Waals surface area contributed by atoms with Crippen LogP contribution in [0.2, 0.25) is 5.15 Å². The van der Waals surface area contributed by atoms with Crippen LogP contribution in [0.4, 0.5) is 38.2 Å². The molecule has 0 radical (unpaired) electrons. The summed E-state index contributed by atoms with van der Waals surface area (Å²) in [5, 5.41) is 1.75. The van der Waals surface area contributed by atoms with Gasteiger partial charge in [0, 0.05) is 8.22 Å². The van der Waals surface area contributed by atoms with Gasteiger partial charge in [-0.3, -0.25) is 0 Å². The Labute approximate surface area is 168 Å². The van der Waals surface area contributed by atoms with Crippen LogP contribution in [0, 0.1) is 0 Å². The SMILES string of the molecule is [2H]c1cc(Cl)nc(-c2nc(N[C@]([2H])(C([2H])([2H])[2H])C(F)(F)F)nc(N[C@]([2H])(C([2H])([2H])[2H])C(F)(F)F)n2)c1[2H]. The molecule has 2 aromatic heterocycles. The molecule has 2 rings (SSSR count). The Hall–Kier alpha value is -2.37. The Morgan fingerprint density at radius 3 is 1.96 bits per heavy atom. The second-order valence-corrected chi connectivity index (χ2v) is 4.89. The molecule has 0 aromatic carbocycles. The monoisotopic (exact) mass is 424 g/mol. The minimum atomic E-state index is -5.86. The fourth-order valence-corrected chi connectivity index (χ4v) is 1.53. The van der Waals surface area contributed by atoms with Crippen molar-refractivity contribution in [2.45, 2.75) is 38.1 Å². The van der Waals surface area contributed by atoms with E-state index in [9.17, 15) is 26.3 Å². The summed E-state index contributed by atoms with van der Waals surface area (Å²) in [4.78, 5) is 13.4. The minimum absolute atomic E-state index is 0.499. The Morgan fingerprint density at radius 2 is 1.52 bits per heavy atom. The smallest absolute Gasteiger partial charge is 0.343 e. The maximum absolute atomic E-state index is 13.5. The quantitative estimate of drug-likeness (QED) is 0.550. The average Bonchev–Trinajstić information content (AvgIpc) is 2.67. The lowest BCUT2D eigenvalue weighted by Crippen LogP contribution is -2.35. The summed E-state index contributed by atoms with van der Waals surface area (Å²) in [5.41, 5.74) is -0.820. The first-order valence-electron chi connectivity index (χ1n) is 11.4. The van der Waals surface area contributed by atoms with Gasteiger partial charge in [-0.05, 0) is 25.8 Å². The van der Waals surface area contributed by atoms with Gasteiger partial charge in [-0.1, -0.05) is 17.6 Å². The van der Waals surface area contributed by atoms with Crippen LogP contribution in [0.25, 0.3) is 11.5 Å². The van der Waals surface area contributed by atoms with E-state index in [0.717, 1.165) is 16.7 Å². The third-order valence-electron chi connectivity index (χ3n) is 2.49. The molecule has 0 amide bonds. The van der Waals surface area contributed by atoms with E-state index in [-0.39, 0.29) is 0 Å². The number of alkyl halides is 6. The second kappa shape index (κ2) is 7.71. The molecule has 0 unspecified atom stereocenters. The van der Waals surface area contributed by atoms with Gasteiger partial charge in [0.15, 0.2) is 5.82 Å². The van der Waals surface area contributed by atoms with Crippen LogP contribution in [0.5, 0.6) is 0 Å². The Kier molecular flexibility index (Phi) is 3.09. The second-order valence-electron chi connectivity index (χ2n) is 4.50. The highest BCUT2D eigenvalue weighted by molar-refractivity contribution is 6.29. The van der Waals surface area contributed by atoms with Gasteiger partial charge in [-0.2, -0.15) is 41.3 Å². The van der Waals surface area contributed by atoms with Crippen molar-refractivity contribution in [2.75, 3.05) is 10.6 Å². The Balaban J connectivity index is 2.85. The predicted molar refractivity (Wildman–Crippen MR) is 86.3 cm³/mol. The van der Waals surface area contributed by atoms with Crippen molar-refractivity contribution in [1.82, 2.24) is 19.9 Å². The number of hydrogen-bond donors (Lipinski definition) is 2. The van der Waals surface area contributed by atoms with Gasteiger partial charge in [0.05, 0.1) is 5.48 Å². The van der Waals surface area contributed by atoms with E-state index in [0.29, 0.717) is 0 Å². The first-order chi connectivity index (χ1) is 16.3. The van der Waals surface area contributed by atoms with Crippen molar-refractivity contribution in [3.63, 3.8) is 0 Å². The highest BCUT2D eigenvalue weighted by Crippen LogP contribution is 2.26. The van der Waals surface area contributed by atoms with Crippen molar-refractivity contribution in [2.24, 2.45) is 0 Å². The van der Waals surface area contributed by atoms with Crippen LogP contribution in [-0.4, -0.2) is 44.3 Å². The Morgan fingerprint density at radius 1 is 1.00 bits per heavy atom. The van der Waals surface area contributed by atoms with Gasteiger partial charge in [-0.25, -0.2) is 4.98 Å². The molecule has 0 aliphatic carbocycles. The molecule has 2 aromatic rings. The summed E-state index contributed by atoms with van der Waals surface area (Å²) < 4.78 is 154. The summed E-state index contributed by atoms with van der Waals surface area (Å²) in [6, 6.07) is -9.75. The van der Waals surface area contributed by atoms with Gasteiger partial charge < -0.3 is 10.6 Å². The van der Waals surface area contributed by atoms with Gasteiger partial charge in [-0.15, -0.1) is 0 Å². The third-order valence-corrected chi connectivity index (χ3v) is 2.68. The molecular formula is C14H13ClF6N6. The maximum atomic E-state index is 13.5. The largest absolute Gasteiger partial charge is 0.408 e. The van der Waals surface area contributed by atoms with Crippen molar-refractivity contribution in [3.8, 4) is 11.5 Å². The van der Waals surface area contributed by atoms with E-state index in [1.807, 2.05) is 0 Å². The number of aromatic nitrogens is 4. The number of pyridine rings is 1. The zero-order valence-corrected chi connectivity index (χ0v) is 13.3. The summed E-state index contributed by atoms with van der Waals surface area (Å²) in [7, 11) is 0. The number of hydrogen-bond acceptors (Lipinski definition) is 6. The molecule has 2 heterocycles. The number of rotatable bonds is 5. The highest BCUT2D eigenvalue weighted by atomic mass is 35.5. The van der Waals surface area contributed by atoms with E-state index in [2.05, 4.69) is 19.9 Å². The van der Waals surface area contributed by atoms with Gasteiger partial charge in [0.2, 0.25) is 11.9 Å². The molecule has 2 N–H and O–H groups in total. The average molecular weight is 425 g/mol. The summed E-state index contributed by atoms with van der Waals surface area (Å²) in [6.07, 6.45) is -11.7.